The predicted octanol–water partition coefficient (Wildman–Crippen LogP) is 3.22. The van der Waals surface area contributed by atoms with Crippen molar-refractivity contribution in [1.29, 1.82) is 0 Å². The Morgan fingerprint density at radius 2 is 1.76 bits per heavy atom. The summed E-state index contributed by atoms with van der Waals surface area (Å²) >= 11 is 0. The van der Waals surface area contributed by atoms with Crippen molar-refractivity contribution in [1.82, 2.24) is 9.80 Å². The number of benzene rings is 2. The van der Waals surface area contributed by atoms with Gasteiger partial charge in [-0.15, -0.1) is 0 Å². The molecule has 1 aliphatic rings. The molecule has 5 nitrogen and oxygen atoms in total. The molecule has 2 aromatic rings. The fourth-order valence-corrected chi connectivity index (χ4v) is 3.03. The van der Waals surface area contributed by atoms with Crippen molar-refractivity contribution in [2.75, 3.05) is 45.7 Å². The third-order valence-electron chi connectivity index (χ3n) is 4.53. The molecule has 0 saturated carbocycles. The standard InChI is InChI=1S/C20H25N3O2/c1-22-12-5-13-23(15-14-22)20(24)18-6-3-4-7-19(18)21-16-8-10-17(25-2)11-9-16/h3-4,6-11,21H,5,12-15H2,1-2H3. The van der Waals surface area contributed by atoms with Gasteiger partial charge in [0.25, 0.3) is 5.91 Å². The second-order valence-corrected chi connectivity index (χ2v) is 6.35. The van der Waals surface area contributed by atoms with Gasteiger partial charge in [0, 0.05) is 25.3 Å². The third-order valence-corrected chi connectivity index (χ3v) is 4.53. The quantitative estimate of drug-likeness (QED) is 0.929. The van der Waals surface area contributed by atoms with Crippen LogP contribution in [0.15, 0.2) is 48.5 Å². The fourth-order valence-electron chi connectivity index (χ4n) is 3.03. The fraction of sp³-hybridized carbons (Fsp3) is 0.350. The van der Waals surface area contributed by atoms with Crippen LogP contribution < -0.4 is 10.1 Å². The van der Waals surface area contributed by atoms with E-state index in [1.165, 1.54) is 0 Å². The molecule has 1 amide bonds. The van der Waals surface area contributed by atoms with Gasteiger partial charge in [-0.25, -0.2) is 0 Å². The molecule has 132 valence electrons. The van der Waals surface area contributed by atoms with Crippen molar-refractivity contribution < 1.29 is 9.53 Å². The Balaban J connectivity index is 1.78. The number of carbonyl (C=O) groups excluding carboxylic acids is 1. The van der Waals surface area contributed by atoms with E-state index in [1.54, 1.807) is 7.11 Å². The number of nitrogens with one attached hydrogen (secondary N) is 1. The summed E-state index contributed by atoms with van der Waals surface area (Å²) in [5.74, 6) is 0.899. The summed E-state index contributed by atoms with van der Waals surface area (Å²) < 4.78 is 5.19. The maximum Gasteiger partial charge on any atom is 0.256 e. The van der Waals surface area contributed by atoms with Crippen LogP contribution >= 0.6 is 0 Å². The average molecular weight is 339 g/mol. The second-order valence-electron chi connectivity index (χ2n) is 6.35. The zero-order valence-corrected chi connectivity index (χ0v) is 14.9. The van der Waals surface area contributed by atoms with E-state index in [4.69, 9.17) is 4.74 Å². The van der Waals surface area contributed by atoms with Crippen LogP contribution in [0, 0.1) is 0 Å². The number of para-hydroxylation sites is 1. The van der Waals surface area contributed by atoms with Crippen LogP contribution in [-0.4, -0.2) is 56.0 Å². The molecule has 0 atom stereocenters. The van der Waals surface area contributed by atoms with E-state index in [2.05, 4.69) is 17.3 Å². The van der Waals surface area contributed by atoms with Crippen molar-refractivity contribution in [3.63, 3.8) is 0 Å². The lowest BCUT2D eigenvalue weighted by Crippen LogP contribution is -2.34. The minimum absolute atomic E-state index is 0.0897. The number of likely N-dealkylation sites (N-methyl/N-ethyl adjacent to an activating group) is 1. The van der Waals surface area contributed by atoms with E-state index in [0.717, 1.165) is 49.7 Å². The van der Waals surface area contributed by atoms with E-state index < -0.39 is 0 Å². The molecule has 0 aliphatic carbocycles. The Kier molecular flexibility index (Phi) is 5.56. The molecule has 25 heavy (non-hydrogen) atoms. The molecular formula is C20H25N3O2. The van der Waals surface area contributed by atoms with Gasteiger partial charge in [0.15, 0.2) is 0 Å². The number of rotatable bonds is 4. The van der Waals surface area contributed by atoms with Crippen molar-refractivity contribution in [2.24, 2.45) is 0 Å². The SMILES string of the molecule is COc1ccc(Nc2ccccc2C(=O)N2CCCN(C)CC2)cc1. The predicted molar refractivity (Wildman–Crippen MR) is 101 cm³/mol. The highest BCUT2D eigenvalue weighted by atomic mass is 16.5. The summed E-state index contributed by atoms with van der Waals surface area (Å²) in [7, 11) is 3.75. The van der Waals surface area contributed by atoms with Crippen LogP contribution in [0.2, 0.25) is 0 Å². The van der Waals surface area contributed by atoms with Gasteiger partial charge < -0.3 is 19.9 Å². The van der Waals surface area contributed by atoms with Gasteiger partial charge in [-0.05, 0) is 56.4 Å². The monoisotopic (exact) mass is 339 g/mol. The molecule has 1 saturated heterocycles. The maximum absolute atomic E-state index is 13.0. The Morgan fingerprint density at radius 3 is 2.52 bits per heavy atom. The number of amides is 1. The Morgan fingerprint density at radius 1 is 1.00 bits per heavy atom. The van der Waals surface area contributed by atoms with Gasteiger partial charge in [0.05, 0.1) is 18.4 Å². The number of carbonyl (C=O) groups is 1. The zero-order chi connectivity index (χ0) is 17.6. The number of nitrogens with zero attached hydrogens (tertiary/aromatic N) is 2. The van der Waals surface area contributed by atoms with Crippen molar-refractivity contribution in [3.05, 3.63) is 54.1 Å². The van der Waals surface area contributed by atoms with Crippen molar-refractivity contribution >= 4 is 17.3 Å². The molecule has 2 aromatic carbocycles. The Bertz CT molecular complexity index is 715. The molecular weight excluding hydrogens is 314 g/mol. The summed E-state index contributed by atoms with van der Waals surface area (Å²) in [4.78, 5) is 17.2. The normalized spacial score (nSPS) is 15.5. The first kappa shape index (κ1) is 17.3. The summed E-state index contributed by atoms with van der Waals surface area (Å²) in [5, 5.41) is 3.35. The molecule has 0 unspecified atom stereocenters. The van der Waals surface area contributed by atoms with Crippen LogP contribution in [0.1, 0.15) is 16.8 Å². The topological polar surface area (TPSA) is 44.8 Å². The minimum Gasteiger partial charge on any atom is -0.497 e. The molecule has 0 radical (unpaired) electrons. The number of ether oxygens (including phenoxy) is 1. The second kappa shape index (κ2) is 8.03. The van der Waals surface area contributed by atoms with Gasteiger partial charge >= 0.3 is 0 Å². The van der Waals surface area contributed by atoms with Crippen LogP contribution in [0.25, 0.3) is 0 Å². The van der Waals surface area contributed by atoms with Gasteiger partial charge in [0.1, 0.15) is 5.75 Å². The molecule has 0 aromatic heterocycles. The van der Waals surface area contributed by atoms with Gasteiger partial charge in [-0.1, -0.05) is 12.1 Å². The largest absolute Gasteiger partial charge is 0.497 e. The Hall–Kier alpha value is -2.53. The van der Waals surface area contributed by atoms with E-state index >= 15 is 0 Å². The highest BCUT2D eigenvalue weighted by Gasteiger charge is 2.21. The van der Waals surface area contributed by atoms with Crippen LogP contribution in [0.3, 0.4) is 0 Å². The van der Waals surface area contributed by atoms with Crippen molar-refractivity contribution in [2.45, 2.75) is 6.42 Å². The highest BCUT2D eigenvalue weighted by molar-refractivity contribution is 6.00. The lowest BCUT2D eigenvalue weighted by molar-refractivity contribution is 0.0764. The molecule has 0 bridgehead atoms. The number of hydrogen-bond acceptors (Lipinski definition) is 4. The molecule has 3 rings (SSSR count). The molecule has 0 spiro atoms. The van der Waals surface area contributed by atoms with Crippen molar-refractivity contribution in [3.8, 4) is 5.75 Å². The summed E-state index contributed by atoms with van der Waals surface area (Å²) in [6.45, 7) is 3.53. The molecule has 1 fully saturated rings. The first-order valence-corrected chi connectivity index (χ1v) is 8.65. The summed E-state index contributed by atoms with van der Waals surface area (Å²) in [5.41, 5.74) is 2.47. The van der Waals surface area contributed by atoms with Gasteiger partial charge in [-0.3, -0.25) is 4.79 Å². The number of methoxy groups -OCH3 is 1. The Labute approximate surface area is 149 Å². The first-order chi connectivity index (χ1) is 12.2. The number of anilines is 2. The van der Waals surface area contributed by atoms with Crippen LogP contribution in [0.4, 0.5) is 11.4 Å². The average Bonchev–Trinajstić information content (AvgIpc) is 2.87. The van der Waals surface area contributed by atoms with Crippen LogP contribution in [-0.2, 0) is 0 Å². The van der Waals surface area contributed by atoms with E-state index in [-0.39, 0.29) is 5.91 Å². The van der Waals surface area contributed by atoms with E-state index in [0.29, 0.717) is 5.56 Å². The molecule has 1 heterocycles. The van der Waals surface area contributed by atoms with Crippen LogP contribution in [0.5, 0.6) is 5.75 Å². The lowest BCUT2D eigenvalue weighted by Gasteiger charge is -2.22. The molecule has 1 N–H and O–H groups in total. The maximum atomic E-state index is 13.0. The smallest absolute Gasteiger partial charge is 0.256 e. The molecule has 1 aliphatic heterocycles. The van der Waals surface area contributed by atoms with E-state index in [1.807, 2.05) is 53.4 Å². The van der Waals surface area contributed by atoms with E-state index in [9.17, 15) is 4.79 Å². The minimum atomic E-state index is 0.0897. The summed E-state index contributed by atoms with van der Waals surface area (Å²) in [6.07, 6.45) is 1.01. The zero-order valence-electron chi connectivity index (χ0n) is 14.9. The highest BCUT2D eigenvalue weighted by Crippen LogP contribution is 2.24. The first-order valence-electron chi connectivity index (χ1n) is 8.65. The summed E-state index contributed by atoms with van der Waals surface area (Å²) in [6, 6.07) is 15.4. The lowest BCUT2D eigenvalue weighted by atomic mass is 10.1. The van der Waals surface area contributed by atoms with Gasteiger partial charge in [-0.2, -0.15) is 0 Å². The molecule has 5 heteroatoms. The number of hydrogen-bond donors (Lipinski definition) is 1. The van der Waals surface area contributed by atoms with Gasteiger partial charge in [0.2, 0.25) is 0 Å². The third kappa shape index (κ3) is 4.31.